The zero-order valence-corrected chi connectivity index (χ0v) is 10.3. The Hall–Kier alpha value is -1.63. The van der Waals surface area contributed by atoms with E-state index in [9.17, 15) is 0 Å². The van der Waals surface area contributed by atoms with Crippen molar-refractivity contribution in [2.75, 3.05) is 0 Å². The highest BCUT2D eigenvalue weighted by Crippen LogP contribution is 2.29. The second-order valence-electron chi connectivity index (χ2n) is 4.39. The number of aromatic nitrogens is 1. The monoisotopic (exact) mass is 225 g/mol. The Labute approximate surface area is 104 Å². The van der Waals surface area contributed by atoms with E-state index in [2.05, 4.69) is 54.4 Å². The molecule has 17 heavy (non-hydrogen) atoms. The van der Waals surface area contributed by atoms with Crippen LogP contribution >= 0.6 is 0 Å². The van der Waals surface area contributed by atoms with Crippen LogP contribution in [0.15, 0.2) is 54.9 Å². The van der Waals surface area contributed by atoms with Crippen molar-refractivity contribution in [2.45, 2.75) is 32.1 Å². The minimum Gasteiger partial charge on any atom is -0.265 e. The second-order valence-corrected chi connectivity index (χ2v) is 4.39. The molecule has 2 aromatic rings. The van der Waals surface area contributed by atoms with E-state index in [1.54, 1.807) is 0 Å². The van der Waals surface area contributed by atoms with Crippen LogP contribution in [0.5, 0.6) is 0 Å². The third-order valence-corrected chi connectivity index (χ3v) is 3.16. The van der Waals surface area contributed by atoms with Crippen molar-refractivity contribution in [1.29, 1.82) is 0 Å². The summed E-state index contributed by atoms with van der Waals surface area (Å²) in [5.74, 6) is 0.513. The Bertz CT molecular complexity index is 382. The third-order valence-electron chi connectivity index (χ3n) is 3.16. The molecule has 1 nitrogen and oxygen atoms in total. The lowest BCUT2D eigenvalue weighted by molar-refractivity contribution is 0.649. The molecule has 1 aromatic heterocycles. The standard InChI is InChI=1S/C16H19N/c1-2-3-9-16(14-7-5-4-6-8-14)15-10-12-17-13-11-15/h4-8,10-13,16H,2-3,9H2,1H3. The normalized spacial score (nSPS) is 12.3. The lowest BCUT2D eigenvalue weighted by Gasteiger charge is -2.17. The van der Waals surface area contributed by atoms with Crippen LogP contribution < -0.4 is 0 Å². The highest BCUT2D eigenvalue weighted by Gasteiger charge is 2.12. The molecular formula is C16H19N. The summed E-state index contributed by atoms with van der Waals surface area (Å²) in [6, 6.07) is 15.0. The fourth-order valence-electron chi connectivity index (χ4n) is 2.22. The Kier molecular flexibility index (Phi) is 4.31. The first kappa shape index (κ1) is 11.8. The highest BCUT2D eigenvalue weighted by molar-refractivity contribution is 5.30. The van der Waals surface area contributed by atoms with Gasteiger partial charge < -0.3 is 0 Å². The summed E-state index contributed by atoms with van der Waals surface area (Å²) in [5.41, 5.74) is 2.78. The Morgan fingerprint density at radius 1 is 0.941 bits per heavy atom. The lowest BCUT2D eigenvalue weighted by Crippen LogP contribution is -2.01. The van der Waals surface area contributed by atoms with Crippen LogP contribution in [0, 0.1) is 0 Å². The minimum atomic E-state index is 0.513. The summed E-state index contributed by atoms with van der Waals surface area (Å²) >= 11 is 0. The first-order valence-corrected chi connectivity index (χ1v) is 6.36. The van der Waals surface area contributed by atoms with Gasteiger partial charge in [-0.15, -0.1) is 0 Å². The van der Waals surface area contributed by atoms with Crippen molar-refractivity contribution in [1.82, 2.24) is 4.98 Å². The van der Waals surface area contributed by atoms with Gasteiger partial charge in [-0.25, -0.2) is 0 Å². The van der Waals surface area contributed by atoms with E-state index in [1.165, 1.54) is 30.4 Å². The Morgan fingerprint density at radius 2 is 1.59 bits per heavy atom. The molecular weight excluding hydrogens is 206 g/mol. The van der Waals surface area contributed by atoms with Gasteiger partial charge in [-0.3, -0.25) is 4.98 Å². The van der Waals surface area contributed by atoms with E-state index in [1.807, 2.05) is 12.4 Å². The van der Waals surface area contributed by atoms with Crippen LogP contribution in [0.2, 0.25) is 0 Å². The van der Waals surface area contributed by atoms with Gasteiger partial charge in [-0.2, -0.15) is 0 Å². The van der Waals surface area contributed by atoms with Crippen LogP contribution in [-0.4, -0.2) is 4.98 Å². The summed E-state index contributed by atoms with van der Waals surface area (Å²) in [6.07, 6.45) is 7.50. The zero-order valence-electron chi connectivity index (χ0n) is 10.3. The molecule has 0 N–H and O–H groups in total. The molecule has 0 saturated heterocycles. The average molecular weight is 225 g/mol. The fourth-order valence-corrected chi connectivity index (χ4v) is 2.22. The number of rotatable bonds is 5. The van der Waals surface area contributed by atoms with Gasteiger partial charge in [0.25, 0.3) is 0 Å². The van der Waals surface area contributed by atoms with Crippen LogP contribution in [0.3, 0.4) is 0 Å². The molecule has 0 aliphatic rings. The molecule has 0 spiro atoms. The fraction of sp³-hybridized carbons (Fsp3) is 0.312. The van der Waals surface area contributed by atoms with Crippen molar-refractivity contribution < 1.29 is 0 Å². The predicted molar refractivity (Wildman–Crippen MR) is 72.0 cm³/mol. The summed E-state index contributed by atoms with van der Waals surface area (Å²) < 4.78 is 0. The molecule has 0 saturated carbocycles. The Morgan fingerprint density at radius 3 is 2.24 bits per heavy atom. The molecule has 0 bridgehead atoms. The molecule has 1 heterocycles. The van der Waals surface area contributed by atoms with Gasteiger partial charge in [-0.05, 0) is 29.7 Å². The summed E-state index contributed by atoms with van der Waals surface area (Å²) in [5, 5.41) is 0. The number of nitrogens with zero attached hydrogens (tertiary/aromatic N) is 1. The molecule has 1 heteroatoms. The molecule has 1 unspecified atom stereocenters. The minimum absolute atomic E-state index is 0.513. The van der Waals surface area contributed by atoms with E-state index < -0.39 is 0 Å². The maximum absolute atomic E-state index is 4.10. The maximum atomic E-state index is 4.10. The summed E-state index contributed by atoms with van der Waals surface area (Å²) in [4.78, 5) is 4.10. The first-order valence-electron chi connectivity index (χ1n) is 6.36. The van der Waals surface area contributed by atoms with Gasteiger partial charge in [0.1, 0.15) is 0 Å². The van der Waals surface area contributed by atoms with Crippen molar-refractivity contribution in [3.63, 3.8) is 0 Å². The van der Waals surface area contributed by atoms with Crippen molar-refractivity contribution in [3.8, 4) is 0 Å². The highest BCUT2D eigenvalue weighted by atomic mass is 14.6. The van der Waals surface area contributed by atoms with Crippen molar-refractivity contribution in [2.24, 2.45) is 0 Å². The number of benzene rings is 1. The Balaban J connectivity index is 2.26. The maximum Gasteiger partial charge on any atom is 0.0270 e. The molecule has 0 aliphatic carbocycles. The quantitative estimate of drug-likeness (QED) is 0.734. The number of unbranched alkanes of at least 4 members (excludes halogenated alkanes) is 1. The van der Waals surface area contributed by atoms with Gasteiger partial charge in [0.2, 0.25) is 0 Å². The molecule has 2 rings (SSSR count). The largest absolute Gasteiger partial charge is 0.265 e. The van der Waals surface area contributed by atoms with Crippen LogP contribution in [0.1, 0.15) is 43.2 Å². The zero-order chi connectivity index (χ0) is 11.9. The van der Waals surface area contributed by atoms with Gasteiger partial charge in [-0.1, -0.05) is 50.1 Å². The molecule has 0 fully saturated rings. The molecule has 1 aromatic carbocycles. The number of pyridine rings is 1. The summed E-state index contributed by atoms with van der Waals surface area (Å²) in [6.45, 7) is 2.24. The average Bonchev–Trinajstić information content (AvgIpc) is 2.42. The SMILES string of the molecule is CCCCC(c1ccccc1)c1ccncc1. The number of hydrogen-bond acceptors (Lipinski definition) is 1. The van der Waals surface area contributed by atoms with Crippen LogP contribution in [0.25, 0.3) is 0 Å². The molecule has 0 radical (unpaired) electrons. The molecule has 1 atom stereocenters. The topological polar surface area (TPSA) is 12.9 Å². The first-order chi connectivity index (χ1) is 8.42. The van der Waals surface area contributed by atoms with Gasteiger partial charge >= 0.3 is 0 Å². The van der Waals surface area contributed by atoms with E-state index in [0.717, 1.165) is 0 Å². The molecule has 0 aliphatic heterocycles. The smallest absolute Gasteiger partial charge is 0.0270 e. The summed E-state index contributed by atoms with van der Waals surface area (Å²) in [7, 11) is 0. The lowest BCUT2D eigenvalue weighted by atomic mass is 9.88. The van der Waals surface area contributed by atoms with Gasteiger partial charge in [0.15, 0.2) is 0 Å². The van der Waals surface area contributed by atoms with E-state index in [-0.39, 0.29) is 0 Å². The van der Waals surface area contributed by atoms with Gasteiger partial charge in [0, 0.05) is 18.3 Å². The second kappa shape index (κ2) is 6.19. The van der Waals surface area contributed by atoms with Crippen LogP contribution in [-0.2, 0) is 0 Å². The number of hydrogen-bond donors (Lipinski definition) is 0. The van der Waals surface area contributed by atoms with Crippen molar-refractivity contribution >= 4 is 0 Å². The van der Waals surface area contributed by atoms with E-state index in [0.29, 0.717) is 5.92 Å². The molecule has 88 valence electrons. The van der Waals surface area contributed by atoms with E-state index in [4.69, 9.17) is 0 Å². The van der Waals surface area contributed by atoms with E-state index >= 15 is 0 Å². The van der Waals surface area contributed by atoms with Gasteiger partial charge in [0.05, 0.1) is 0 Å². The van der Waals surface area contributed by atoms with Crippen molar-refractivity contribution in [3.05, 3.63) is 66.0 Å². The third kappa shape index (κ3) is 3.16. The predicted octanol–water partition coefficient (Wildman–Crippen LogP) is 4.40. The van der Waals surface area contributed by atoms with Crippen LogP contribution in [0.4, 0.5) is 0 Å². The molecule has 0 amide bonds.